The zero-order valence-corrected chi connectivity index (χ0v) is 12.7. The van der Waals surface area contributed by atoms with E-state index < -0.39 is 11.8 Å². The molecule has 1 aliphatic heterocycles. The minimum atomic E-state index is -0.789. The molecule has 0 saturated carbocycles. The molecule has 0 radical (unpaired) electrons. The van der Waals surface area contributed by atoms with E-state index in [9.17, 15) is 9.59 Å². The van der Waals surface area contributed by atoms with Gasteiger partial charge >= 0.3 is 11.8 Å². The Morgan fingerprint density at radius 3 is 2.91 bits per heavy atom. The minimum absolute atomic E-state index is 0.210. The van der Waals surface area contributed by atoms with E-state index in [1.165, 1.54) is 11.6 Å². The lowest BCUT2D eigenvalue weighted by Gasteiger charge is -2.26. The second-order valence-electron chi connectivity index (χ2n) is 5.30. The van der Waals surface area contributed by atoms with Crippen molar-refractivity contribution in [3.63, 3.8) is 0 Å². The molecule has 0 unspecified atom stereocenters. The molecule has 0 saturated heterocycles. The van der Waals surface area contributed by atoms with Gasteiger partial charge in [-0.15, -0.1) is 0 Å². The van der Waals surface area contributed by atoms with Gasteiger partial charge < -0.3 is 14.6 Å². The van der Waals surface area contributed by atoms with E-state index in [0.717, 1.165) is 12.0 Å². The fourth-order valence-electron chi connectivity index (χ4n) is 2.51. The lowest BCUT2D eigenvalue weighted by Crippen LogP contribution is -2.39. The molecule has 2 heterocycles. The summed E-state index contributed by atoms with van der Waals surface area (Å²) >= 11 is 0. The number of rotatable bonds is 3. The number of nitrogens with zero attached hydrogens (tertiary/aromatic N) is 1. The van der Waals surface area contributed by atoms with E-state index in [0.29, 0.717) is 12.4 Å². The van der Waals surface area contributed by atoms with Crippen molar-refractivity contribution in [2.24, 2.45) is 0 Å². The van der Waals surface area contributed by atoms with E-state index in [1.807, 2.05) is 24.3 Å². The monoisotopic (exact) mass is 315 g/mol. The number of amides is 2. The first-order valence-electron chi connectivity index (χ1n) is 7.35. The van der Waals surface area contributed by atoms with Gasteiger partial charge in [0, 0.05) is 12.6 Å². The summed E-state index contributed by atoms with van der Waals surface area (Å²) in [5, 5.41) is 8.56. The number of carbonyl (C=O) groups is 2. The van der Waals surface area contributed by atoms with Crippen molar-refractivity contribution in [2.45, 2.75) is 19.4 Å². The third-order valence-corrected chi connectivity index (χ3v) is 3.62. The molecule has 3 rings (SSSR count). The standard InChI is InChI=1S/C16H17N3O4/c1-10-8-14(19-23-10)18-16(21)15(20)17-9-13-12-5-3-2-4-11(12)6-7-22-13/h2-5,8,13H,6-7,9H2,1H3,(H,17,20)(H,18,19,21)/t13-/m0/s1. The number of hydrogen-bond donors (Lipinski definition) is 2. The fraction of sp³-hybridized carbons (Fsp3) is 0.312. The number of benzene rings is 1. The Bertz CT molecular complexity index is 726. The highest BCUT2D eigenvalue weighted by molar-refractivity contribution is 6.39. The van der Waals surface area contributed by atoms with Crippen molar-refractivity contribution < 1.29 is 18.8 Å². The summed E-state index contributed by atoms with van der Waals surface area (Å²) in [5.41, 5.74) is 2.26. The zero-order chi connectivity index (χ0) is 16.2. The predicted molar refractivity (Wildman–Crippen MR) is 81.7 cm³/mol. The Morgan fingerprint density at radius 1 is 1.30 bits per heavy atom. The molecule has 0 bridgehead atoms. The average Bonchev–Trinajstić information content (AvgIpc) is 2.97. The maximum Gasteiger partial charge on any atom is 0.314 e. The lowest BCUT2D eigenvalue weighted by molar-refractivity contribution is -0.136. The minimum Gasteiger partial charge on any atom is -0.371 e. The largest absolute Gasteiger partial charge is 0.371 e. The number of ether oxygens (including phenoxy) is 1. The Balaban J connectivity index is 1.56. The number of fused-ring (bicyclic) bond motifs is 1. The molecule has 2 amide bonds. The second kappa shape index (κ2) is 6.62. The van der Waals surface area contributed by atoms with Crippen molar-refractivity contribution in [1.82, 2.24) is 10.5 Å². The maximum atomic E-state index is 11.9. The van der Waals surface area contributed by atoms with Crippen molar-refractivity contribution in [1.29, 1.82) is 0 Å². The summed E-state index contributed by atoms with van der Waals surface area (Å²) in [6.45, 7) is 2.53. The third kappa shape index (κ3) is 3.57. The molecular formula is C16H17N3O4. The van der Waals surface area contributed by atoms with Crippen LogP contribution in [0.15, 0.2) is 34.9 Å². The molecule has 120 valence electrons. The molecule has 2 aromatic rings. The molecule has 1 aliphatic rings. The van der Waals surface area contributed by atoms with Gasteiger partial charge in [0.2, 0.25) is 0 Å². The van der Waals surface area contributed by atoms with Gasteiger partial charge in [-0.3, -0.25) is 14.9 Å². The topological polar surface area (TPSA) is 93.5 Å². The van der Waals surface area contributed by atoms with Gasteiger partial charge in [-0.05, 0) is 24.5 Å². The normalized spacial score (nSPS) is 16.5. The van der Waals surface area contributed by atoms with E-state index in [4.69, 9.17) is 9.26 Å². The first kappa shape index (κ1) is 15.2. The van der Waals surface area contributed by atoms with Gasteiger partial charge in [0.25, 0.3) is 0 Å². The summed E-state index contributed by atoms with van der Waals surface area (Å²) in [4.78, 5) is 23.7. The van der Waals surface area contributed by atoms with Gasteiger partial charge in [-0.25, -0.2) is 0 Å². The number of carbonyl (C=O) groups excluding carboxylic acids is 2. The Kier molecular flexibility index (Phi) is 4.38. The summed E-state index contributed by atoms with van der Waals surface area (Å²) in [6, 6.07) is 9.47. The van der Waals surface area contributed by atoms with Crippen molar-refractivity contribution in [3.05, 3.63) is 47.2 Å². The zero-order valence-electron chi connectivity index (χ0n) is 12.7. The summed E-state index contributed by atoms with van der Waals surface area (Å²) < 4.78 is 10.5. The molecule has 0 aliphatic carbocycles. The quantitative estimate of drug-likeness (QED) is 0.834. The van der Waals surface area contributed by atoms with Crippen LogP contribution in [0.1, 0.15) is 23.0 Å². The summed E-state index contributed by atoms with van der Waals surface area (Å²) in [5.74, 6) is -0.769. The van der Waals surface area contributed by atoms with Crippen LogP contribution >= 0.6 is 0 Å². The molecule has 1 atom stereocenters. The van der Waals surface area contributed by atoms with Crippen LogP contribution in [0.3, 0.4) is 0 Å². The van der Waals surface area contributed by atoms with Crippen LogP contribution < -0.4 is 10.6 Å². The molecule has 0 fully saturated rings. The van der Waals surface area contributed by atoms with Crippen LogP contribution in [0.5, 0.6) is 0 Å². The Labute approximate surface area is 133 Å². The van der Waals surface area contributed by atoms with Gasteiger partial charge in [-0.2, -0.15) is 0 Å². The lowest BCUT2D eigenvalue weighted by atomic mass is 9.97. The highest BCUT2D eigenvalue weighted by Gasteiger charge is 2.22. The van der Waals surface area contributed by atoms with Crippen LogP contribution in [-0.2, 0) is 20.7 Å². The average molecular weight is 315 g/mol. The number of aryl methyl sites for hydroxylation is 1. The van der Waals surface area contributed by atoms with Gasteiger partial charge in [0.05, 0.1) is 6.61 Å². The molecule has 1 aromatic carbocycles. The molecule has 0 spiro atoms. The predicted octanol–water partition coefficient (Wildman–Crippen LogP) is 1.35. The third-order valence-electron chi connectivity index (χ3n) is 3.62. The molecule has 7 nitrogen and oxygen atoms in total. The van der Waals surface area contributed by atoms with Crippen molar-refractivity contribution in [3.8, 4) is 0 Å². The van der Waals surface area contributed by atoms with Crippen LogP contribution in [0.25, 0.3) is 0 Å². The maximum absolute atomic E-state index is 11.9. The fourth-order valence-corrected chi connectivity index (χ4v) is 2.51. The Morgan fingerprint density at radius 2 is 2.13 bits per heavy atom. The summed E-state index contributed by atoms with van der Waals surface area (Å²) in [7, 11) is 0. The molecule has 7 heteroatoms. The number of nitrogens with one attached hydrogen (secondary N) is 2. The van der Waals surface area contributed by atoms with Crippen LogP contribution in [-0.4, -0.2) is 30.1 Å². The number of anilines is 1. The van der Waals surface area contributed by atoms with Crippen LogP contribution in [0, 0.1) is 6.92 Å². The van der Waals surface area contributed by atoms with Gasteiger partial charge in [-0.1, -0.05) is 29.4 Å². The molecule has 2 N–H and O–H groups in total. The van der Waals surface area contributed by atoms with Crippen LogP contribution in [0.4, 0.5) is 5.82 Å². The first-order chi connectivity index (χ1) is 11.1. The smallest absolute Gasteiger partial charge is 0.314 e. The van der Waals surface area contributed by atoms with Crippen molar-refractivity contribution in [2.75, 3.05) is 18.5 Å². The SMILES string of the molecule is Cc1cc(NC(=O)C(=O)NC[C@@H]2OCCc3ccccc32)no1. The van der Waals surface area contributed by atoms with E-state index >= 15 is 0 Å². The number of hydrogen-bond acceptors (Lipinski definition) is 5. The molecular weight excluding hydrogens is 298 g/mol. The number of aromatic nitrogens is 1. The Hall–Kier alpha value is -2.67. The van der Waals surface area contributed by atoms with Gasteiger partial charge in [0.1, 0.15) is 11.9 Å². The van der Waals surface area contributed by atoms with E-state index in [1.54, 1.807) is 6.92 Å². The van der Waals surface area contributed by atoms with Crippen LogP contribution in [0.2, 0.25) is 0 Å². The molecule has 23 heavy (non-hydrogen) atoms. The highest BCUT2D eigenvalue weighted by atomic mass is 16.5. The van der Waals surface area contributed by atoms with E-state index in [2.05, 4.69) is 15.8 Å². The molecule has 1 aromatic heterocycles. The second-order valence-corrected chi connectivity index (χ2v) is 5.30. The van der Waals surface area contributed by atoms with E-state index in [-0.39, 0.29) is 18.5 Å². The first-order valence-corrected chi connectivity index (χ1v) is 7.35. The summed E-state index contributed by atoms with van der Waals surface area (Å²) in [6.07, 6.45) is 0.609. The van der Waals surface area contributed by atoms with Gasteiger partial charge in [0.15, 0.2) is 5.82 Å². The highest BCUT2D eigenvalue weighted by Crippen LogP contribution is 2.26. The van der Waals surface area contributed by atoms with Crippen molar-refractivity contribution >= 4 is 17.6 Å².